The van der Waals surface area contributed by atoms with Gasteiger partial charge in [0.15, 0.2) is 5.60 Å². The van der Waals surface area contributed by atoms with Crippen LogP contribution in [0.3, 0.4) is 0 Å². The van der Waals surface area contributed by atoms with Gasteiger partial charge in [0.05, 0.1) is 12.7 Å². The first kappa shape index (κ1) is 20.2. The van der Waals surface area contributed by atoms with Crippen LogP contribution in [0.1, 0.15) is 28.4 Å². The molecule has 29 heavy (non-hydrogen) atoms. The van der Waals surface area contributed by atoms with Gasteiger partial charge in [-0.15, -0.1) is 0 Å². The second-order valence-corrected chi connectivity index (χ2v) is 6.63. The summed E-state index contributed by atoms with van der Waals surface area (Å²) in [6.45, 7) is 1.70. The second kappa shape index (κ2) is 8.67. The third-order valence-electron chi connectivity index (χ3n) is 4.89. The smallest absolute Gasteiger partial charge is 0.337 e. The van der Waals surface area contributed by atoms with Gasteiger partial charge < -0.3 is 9.84 Å². The second-order valence-electron chi connectivity index (χ2n) is 6.63. The molecule has 4 nitrogen and oxygen atoms in total. The normalized spacial score (nSPS) is 13.8. The quantitative estimate of drug-likeness (QED) is 0.387. The number of esters is 1. The first-order valence-electron chi connectivity index (χ1n) is 9.23. The highest BCUT2D eigenvalue weighted by Crippen LogP contribution is 2.38. The largest absolute Gasteiger partial charge is 0.466 e. The zero-order chi connectivity index (χ0) is 20.9. The monoisotopic (exact) mass is 386 g/mol. The summed E-state index contributed by atoms with van der Waals surface area (Å²) in [6.07, 6.45) is 0. The Morgan fingerprint density at radius 2 is 1.21 bits per heavy atom. The summed E-state index contributed by atoms with van der Waals surface area (Å²) < 4.78 is 5.00. The Morgan fingerprint density at radius 1 is 0.759 bits per heavy atom. The van der Waals surface area contributed by atoms with Crippen LogP contribution in [0.25, 0.3) is 5.57 Å². The molecular weight excluding hydrogens is 364 g/mol. The molecule has 4 heteroatoms. The number of aliphatic hydroxyl groups is 1. The number of carbonyl (C=O) groups excluding carboxylic acids is 2. The maximum atomic E-state index is 13.6. The molecule has 0 aromatic heterocycles. The summed E-state index contributed by atoms with van der Waals surface area (Å²) in [5.74, 6) is -1.36. The van der Waals surface area contributed by atoms with Gasteiger partial charge in [0.2, 0.25) is 5.78 Å². The lowest BCUT2D eigenvalue weighted by molar-refractivity contribution is -0.138. The highest BCUT2D eigenvalue weighted by Gasteiger charge is 2.47. The molecular formula is C25H22O4. The minimum atomic E-state index is -2.21. The number of methoxy groups -OCH3 is 1. The predicted molar refractivity (Wildman–Crippen MR) is 112 cm³/mol. The van der Waals surface area contributed by atoms with E-state index in [2.05, 4.69) is 0 Å². The molecule has 1 unspecified atom stereocenters. The fraction of sp³-hybridized carbons (Fsp3) is 0.120. The molecule has 1 N–H and O–H groups in total. The Bertz CT molecular complexity index is 1020. The molecule has 0 heterocycles. The van der Waals surface area contributed by atoms with Crippen molar-refractivity contribution in [2.24, 2.45) is 0 Å². The third-order valence-corrected chi connectivity index (χ3v) is 4.89. The molecule has 0 saturated heterocycles. The molecule has 3 aromatic rings. The van der Waals surface area contributed by atoms with Gasteiger partial charge in [-0.3, -0.25) is 4.79 Å². The lowest BCUT2D eigenvalue weighted by atomic mass is 9.77. The summed E-state index contributed by atoms with van der Waals surface area (Å²) in [5.41, 5.74) is -0.552. The molecule has 0 amide bonds. The molecule has 0 saturated carbocycles. The average Bonchev–Trinajstić information content (AvgIpc) is 2.80. The molecule has 0 aliphatic heterocycles. The zero-order valence-corrected chi connectivity index (χ0v) is 16.3. The summed E-state index contributed by atoms with van der Waals surface area (Å²) in [7, 11) is 1.24. The van der Waals surface area contributed by atoms with Crippen molar-refractivity contribution < 1.29 is 19.4 Å². The van der Waals surface area contributed by atoms with E-state index in [0.29, 0.717) is 22.3 Å². The van der Waals surface area contributed by atoms with Crippen molar-refractivity contribution in [1.82, 2.24) is 0 Å². The van der Waals surface area contributed by atoms with Crippen molar-refractivity contribution in [1.29, 1.82) is 0 Å². The Morgan fingerprint density at radius 3 is 1.69 bits per heavy atom. The van der Waals surface area contributed by atoms with Crippen molar-refractivity contribution in [2.75, 3.05) is 7.11 Å². The van der Waals surface area contributed by atoms with Gasteiger partial charge in [0, 0.05) is 5.56 Å². The van der Waals surface area contributed by atoms with Crippen LogP contribution in [0.4, 0.5) is 0 Å². The van der Waals surface area contributed by atoms with Gasteiger partial charge in [-0.05, 0) is 23.6 Å². The van der Waals surface area contributed by atoms with Gasteiger partial charge in [-0.25, -0.2) is 4.79 Å². The average molecular weight is 386 g/mol. The van der Waals surface area contributed by atoms with Crippen molar-refractivity contribution in [3.8, 4) is 0 Å². The number of ketones is 1. The molecule has 3 aromatic carbocycles. The van der Waals surface area contributed by atoms with E-state index in [-0.39, 0.29) is 5.57 Å². The van der Waals surface area contributed by atoms with E-state index in [1.54, 1.807) is 67.6 Å². The number of hydrogen-bond donors (Lipinski definition) is 1. The molecule has 0 fully saturated rings. The highest BCUT2D eigenvalue weighted by atomic mass is 16.5. The van der Waals surface area contributed by atoms with E-state index >= 15 is 0 Å². The number of hydrogen-bond acceptors (Lipinski definition) is 4. The molecule has 0 aliphatic rings. The van der Waals surface area contributed by atoms with Crippen LogP contribution in [-0.4, -0.2) is 24.0 Å². The number of carbonyl (C=O) groups is 2. The van der Waals surface area contributed by atoms with Crippen LogP contribution in [0.5, 0.6) is 0 Å². The van der Waals surface area contributed by atoms with Crippen LogP contribution >= 0.6 is 0 Å². The maximum absolute atomic E-state index is 13.6. The van der Waals surface area contributed by atoms with Crippen LogP contribution in [-0.2, 0) is 15.1 Å². The molecule has 0 spiro atoms. The summed E-state index contributed by atoms with van der Waals surface area (Å²) in [6, 6.07) is 26.0. The van der Waals surface area contributed by atoms with E-state index in [1.807, 2.05) is 30.3 Å². The number of allylic oxidation sites excluding steroid dienone is 1. The van der Waals surface area contributed by atoms with Crippen molar-refractivity contribution in [3.05, 3.63) is 113 Å². The van der Waals surface area contributed by atoms with Crippen LogP contribution in [0.15, 0.2) is 96.6 Å². The zero-order valence-electron chi connectivity index (χ0n) is 16.3. The number of benzene rings is 3. The maximum Gasteiger partial charge on any atom is 0.337 e. The molecule has 3 rings (SSSR count). The van der Waals surface area contributed by atoms with Crippen LogP contribution in [0, 0.1) is 0 Å². The van der Waals surface area contributed by atoms with Gasteiger partial charge in [0.1, 0.15) is 0 Å². The number of Topliss-reactive ketones (excluding diaryl/α,β-unsaturated/α-hetero) is 1. The SMILES string of the molecule is COC(=O)/C(=C(\C)c1ccccc1)C(O)(C(=O)c1ccccc1)c1ccccc1. The molecule has 146 valence electrons. The van der Waals surface area contributed by atoms with E-state index in [1.165, 1.54) is 7.11 Å². The minimum absolute atomic E-state index is 0.105. The third kappa shape index (κ3) is 3.89. The van der Waals surface area contributed by atoms with Crippen LogP contribution < -0.4 is 0 Å². The topological polar surface area (TPSA) is 63.6 Å². The molecule has 0 bridgehead atoms. The lowest BCUT2D eigenvalue weighted by Gasteiger charge is -2.30. The Balaban J connectivity index is 2.33. The minimum Gasteiger partial charge on any atom is -0.466 e. The standard InChI is InChI=1S/C25H22O4/c1-18(19-12-6-3-7-13-19)22(24(27)29-2)25(28,21-16-10-5-11-17-21)23(26)20-14-8-4-9-15-20/h3-17,28H,1-2H3/b22-18-. The molecule has 0 radical (unpaired) electrons. The fourth-order valence-corrected chi connectivity index (χ4v) is 3.37. The van der Waals surface area contributed by atoms with Crippen molar-refractivity contribution in [2.45, 2.75) is 12.5 Å². The van der Waals surface area contributed by atoms with Gasteiger partial charge in [-0.1, -0.05) is 91.0 Å². The fourth-order valence-electron chi connectivity index (χ4n) is 3.37. The predicted octanol–water partition coefficient (Wildman–Crippen LogP) is 4.40. The molecule has 1 atom stereocenters. The van der Waals surface area contributed by atoms with Crippen molar-refractivity contribution >= 4 is 17.3 Å². The van der Waals surface area contributed by atoms with Gasteiger partial charge in [-0.2, -0.15) is 0 Å². The number of rotatable bonds is 6. The van der Waals surface area contributed by atoms with Crippen molar-refractivity contribution in [3.63, 3.8) is 0 Å². The molecule has 0 aliphatic carbocycles. The van der Waals surface area contributed by atoms with E-state index < -0.39 is 17.4 Å². The van der Waals surface area contributed by atoms with E-state index in [4.69, 9.17) is 4.74 Å². The van der Waals surface area contributed by atoms with Gasteiger partial charge in [0.25, 0.3) is 0 Å². The summed E-state index contributed by atoms with van der Waals surface area (Å²) in [4.78, 5) is 26.5. The summed E-state index contributed by atoms with van der Waals surface area (Å²) >= 11 is 0. The van der Waals surface area contributed by atoms with E-state index in [0.717, 1.165) is 0 Å². The first-order valence-corrected chi connectivity index (χ1v) is 9.23. The Kier molecular flexibility index (Phi) is 6.05. The first-order chi connectivity index (χ1) is 14.0. The highest BCUT2D eigenvalue weighted by molar-refractivity contribution is 6.13. The van der Waals surface area contributed by atoms with Gasteiger partial charge >= 0.3 is 5.97 Å². The van der Waals surface area contributed by atoms with Crippen LogP contribution in [0.2, 0.25) is 0 Å². The summed E-state index contributed by atoms with van der Waals surface area (Å²) in [5, 5.41) is 11.9. The Hall–Kier alpha value is -3.50. The van der Waals surface area contributed by atoms with E-state index in [9.17, 15) is 14.7 Å². The Labute approximate surface area is 170 Å². The lowest BCUT2D eigenvalue weighted by Crippen LogP contribution is -2.41. The number of ether oxygens (including phenoxy) is 1.